The van der Waals surface area contributed by atoms with Crippen LogP contribution in [0.1, 0.15) is 26.3 Å². The van der Waals surface area contributed by atoms with E-state index in [1.54, 1.807) is 22.7 Å². The summed E-state index contributed by atoms with van der Waals surface area (Å²) in [5.74, 6) is 0.838. The Bertz CT molecular complexity index is 1360. The van der Waals surface area contributed by atoms with Gasteiger partial charge in [-0.3, -0.25) is 4.57 Å². The van der Waals surface area contributed by atoms with Gasteiger partial charge in [0.25, 0.3) is 0 Å². The zero-order chi connectivity index (χ0) is 23.0. The van der Waals surface area contributed by atoms with Crippen molar-refractivity contribution in [3.8, 4) is 27.6 Å². The zero-order valence-electron chi connectivity index (χ0n) is 18.3. The predicted octanol–water partition coefficient (Wildman–Crippen LogP) is 8.22. The van der Waals surface area contributed by atoms with Crippen LogP contribution in [0.25, 0.3) is 27.6 Å². The van der Waals surface area contributed by atoms with Crippen molar-refractivity contribution in [2.24, 2.45) is 0 Å². The van der Waals surface area contributed by atoms with Crippen molar-refractivity contribution in [2.75, 3.05) is 0 Å². The summed E-state index contributed by atoms with van der Waals surface area (Å²) in [6.45, 7) is 6.67. The van der Waals surface area contributed by atoms with Gasteiger partial charge in [-0.25, -0.2) is 4.98 Å². The highest BCUT2D eigenvalue weighted by atomic mass is 35.5. The fraction of sp³-hybridized carbons (Fsp3) is 0.160. The Hall–Kier alpha value is -2.45. The number of aromatic nitrogens is 4. The standard InChI is InChI=1S/C25H21ClN4S3/c1-25(2,3)17-8-12-19(13-9-17)30-22(21-5-4-14-31-21)28-29-23(30)33-24-27-20(15-32-24)16-6-10-18(26)11-7-16/h4-15H,1-3H3. The summed E-state index contributed by atoms with van der Waals surface area (Å²) in [5.41, 5.74) is 4.39. The summed E-state index contributed by atoms with van der Waals surface area (Å²) in [7, 11) is 0. The van der Waals surface area contributed by atoms with Gasteiger partial charge in [-0.15, -0.1) is 32.9 Å². The van der Waals surface area contributed by atoms with Gasteiger partial charge >= 0.3 is 0 Å². The summed E-state index contributed by atoms with van der Waals surface area (Å²) in [4.78, 5) is 5.90. The number of halogens is 1. The fourth-order valence-corrected chi connectivity index (χ4v) is 5.98. The molecule has 0 unspecified atom stereocenters. The van der Waals surface area contributed by atoms with Gasteiger partial charge < -0.3 is 0 Å². The maximum Gasteiger partial charge on any atom is 0.203 e. The number of benzene rings is 2. The molecule has 5 rings (SSSR count). The summed E-state index contributed by atoms with van der Waals surface area (Å²) in [6, 6.07) is 20.5. The molecule has 0 bridgehead atoms. The second kappa shape index (κ2) is 9.06. The second-order valence-electron chi connectivity index (χ2n) is 8.52. The molecule has 0 saturated heterocycles. The molecule has 0 saturated carbocycles. The Balaban J connectivity index is 1.51. The molecule has 166 valence electrons. The van der Waals surface area contributed by atoms with Crippen LogP contribution in [0.2, 0.25) is 5.02 Å². The number of nitrogens with zero attached hydrogens (tertiary/aromatic N) is 4. The van der Waals surface area contributed by atoms with Crippen molar-refractivity contribution in [1.29, 1.82) is 0 Å². The number of hydrogen-bond donors (Lipinski definition) is 0. The van der Waals surface area contributed by atoms with E-state index in [0.29, 0.717) is 0 Å². The molecule has 0 aliphatic carbocycles. The van der Waals surface area contributed by atoms with Crippen molar-refractivity contribution < 1.29 is 0 Å². The third-order valence-electron chi connectivity index (χ3n) is 5.17. The summed E-state index contributed by atoms with van der Waals surface area (Å²) < 4.78 is 3.03. The minimum Gasteiger partial charge on any atom is -0.269 e. The average molecular weight is 509 g/mol. The average Bonchev–Trinajstić information content (AvgIpc) is 3.55. The van der Waals surface area contributed by atoms with E-state index < -0.39 is 0 Å². The highest BCUT2D eigenvalue weighted by molar-refractivity contribution is 8.00. The Labute approximate surface area is 210 Å². The molecule has 0 radical (unpaired) electrons. The molecule has 0 atom stereocenters. The lowest BCUT2D eigenvalue weighted by Crippen LogP contribution is -2.11. The van der Waals surface area contributed by atoms with Gasteiger partial charge in [-0.2, -0.15) is 0 Å². The van der Waals surface area contributed by atoms with Gasteiger partial charge in [-0.1, -0.05) is 62.7 Å². The fourth-order valence-electron chi connectivity index (χ4n) is 3.38. The van der Waals surface area contributed by atoms with Crippen LogP contribution in [-0.4, -0.2) is 19.7 Å². The summed E-state index contributed by atoms with van der Waals surface area (Å²) in [6.07, 6.45) is 0. The van der Waals surface area contributed by atoms with Crippen LogP contribution in [0.5, 0.6) is 0 Å². The molecule has 2 aromatic carbocycles. The Kier molecular flexibility index (Phi) is 6.14. The predicted molar refractivity (Wildman–Crippen MR) is 140 cm³/mol. The van der Waals surface area contributed by atoms with Crippen LogP contribution in [0, 0.1) is 0 Å². The summed E-state index contributed by atoms with van der Waals surface area (Å²) >= 11 is 10.8. The van der Waals surface area contributed by atoms with Crippen molar-refractivity contribution in [2.45, 2.75) is 35.7 Å². The third kappa shape index (κ3) is 4.77. The van der Waals surface area contributed by atoms with E-state index in [9.17, 15) is 0 Å². The van der Waals surface area contributed by atoms with Crippen LogP contribution in [0.4, 0.5) is 0 Å². The number of hydrogen-bond acceptors (Lipinski definition) is 6. The molecular formula is C25H21ClN4S3. The highest BCUT2D eigenvalue weighted by Gasteiger charge is 2.20. The SMILES string of the molecule is CC(C)(C)c1ccc(-n2c(Sc3nc(-c4ccc(Cl)cc4)cs3)nnc2-c2cccs2)cc1. The first-order valence-corrected chi connectivity index (χ1v) is 13.3. The molecule has 4 nitrogen and oxygen atoms in total. The number of thiophene rings is 1. The lowest BCUT2D eigenvalue weighted by Gasteiger charge is -2.19. The van der Waals surface area contributed by atoms with Gasteiger partial charge in [-0.05, 0) is 58.5 Å². The largest absolute Gasteiger partial charge is 0.269 e. The van der Waals surface area contributed by atoms with Gasteiger partial charge in [0, 0.05) is 21.7 Å². The first kappa shape index (κ1) is 22.3. The first-order valence-electron chi connectivity index (χ1n) is 10.4. The molecule has 0 N–H and O–H groups in total. The molecule has 0 amide bonds. The van der Waals surface area contributed by atoms with Gasteiger partial charge in [0.1, 0.15) is 0 Å². The molecule has 3 heterocycles. The third-order valence-corrected chi connectivity index (χ3v) is 8.17. The number of thiazole rings is 1. The van der Waals surface area contributed by atoms with Crippen molar-refractivity contribution >= 4 is 46.0 Å². The maximum absolute atomic E-state index is 6.03. The van der Waals surface area contributed by atoms with E-state index in [1.807, 2.05) is 30.3 Å². The highest BCUT2D eigenvalue weighted by Crippen LogP contribution is 2.37. The molecule has 0 aliphatic rings. The van der Waals surface area contributed by atoms with Crippen molar-refractivity contribution in [3.63, 3.8) is 0 Å². The second-order valence-corrected chi connectivity index (χ2v) is 12.0. The van der Waals surface area contributed by atoms with E-state index in [-0.39, 0.29) is 5.41 Å². The molecule has 0 aliphatic heterocycles. The van der Waals surface area contributed by atoms with E-state index >= 15 is 0 Å². The molecule has 33 heavy (non-hydrogen) atoms. The minimum absolute atomic E-state index is 0.0961. The Morgan fingerprint density at radius 1 is 0.909 bits per heavy atom. The van der Waals surface area contributed by atoms with E-state index in [4.69, 9.17) is 16.6 Å². The Morgan fingerprint density at radius 2 is 1.67 bits per heavy atom. The van der Waals surface area contributed by atoms with Crippen LogP contribution >= 0.6 is 46.0 Å². The van der Waals surface area contributed by atoms with Gasteiger partial charge in [0.15, 0.2) is 10.2 Å². The van der Waals surface area contributed by atoms with Gasteiger partial charge in [0.2, 0.25) is 5.16 Å². The van der Waals surface area contributed by atoms with Crippen molar-refractivity contribution in [1.82, 2.24) is 19.7 Å². The first-order chi connectivity index (χ1) is 15.9. The number of rotatable bonds is 5. The van der Waals surface area contributed by atoms with E-state index in [0.717, 1.165) is 42.2 Å². The lowest BCUT2D eigenvalue weighted by atomic mass is 9.87. The molecule has 3 aromatic heterocycles. The molecule has 8 heteroatoms. The normalized spacial score (nSPS) is 11.8. The van der Waals surface area contributed by atoms with Crippen LogP contribution < -0.4 is 0 Å². The molecule has 5 aromatic rings. The monoisotopic (exact) mass is 508 g/mol. The topological polar surface area (TPSA) is 43.6 Å². The van der Waals surface area contributed by atoms with E-state index in [1.165, 1.54) is 17.3 Å². The summed E-state index contributed by atoms with van der Waals surface area (Å²) in [5, 5.41) is 14.7. The Morgan fingerprint density at radius 3 is 2.33 bits per heavy atom. The van der Waals surface area contributed by atoms with Crippen molar-refractivity contribution in [3.05, 3.63) is 82.0 Å². The van der Waals surface area contributed by atoms with Crippen LogP contribution in [-0.2, 0) is 5.41 Å². The maximum atomic E-state index is 6.03. The molecule has 0 fully saturated rings. The van der Waals surface area contributed by atoms with Crippen LogP contribution in [0.3, 0.4) is 0 Å². The van der Waals surface area contributed by atoms with Crippen LogP contribution in [0.15, 0.2) is 80.9 Å². The molecule has 0 spiro atoms. The lowest BCUT2D eigenvalue weighted by molar-refractivity contribution is 0.590. The molecular weight excluding hydrogens is 488 g/mol. The van der Waals surface area contributed by atoms with Gasteiger partial charge in [0.05, 0.1) is 10.6 Å². The zero-order valence-corrected chi connectivity index (χ0v) is 21.5. The quantitative estimate of drug-likeness (QED) is 0.240. The minimum atomic E-state index is 0.0961. The van der Waals surface area contributed by atoms with E-state index in [2.05, 4.69) is 76.6 Å². The smallest absolute Gasteiger partial charge is 0.203 e.